The van der Waals surface area contributed by atoms with Gasteiger partial charge in [0.1, 0.15) is 0 Å². The molecule has 1 N–H and O–H groups in total. The quantitative estimate of drug-likeness (QED) is 0.891. The number of rotatable bonds is 6. The van der Waals surface area contributed by atoms with Gasteiger partial charge in [-0.05, 0) is 37.0 Å². The van der Waals surface area contributed by atoms with Gasteiger partial charge in [-0.2, -0.15) is 0 Å². The van der Waals surface area contributed by atoms with Crippen LogP contribution < -0.4 is 4.72 Å². The summed E-state index contributed by atoms with van der Waals surface area (Å²) in [6, 6.07) is 16.4. The van der Waals surface area contributed by atoms with Crippen LogP contribution in [0.4, 0.5) is 0 Å². The first kappa shape index (κ1) is 16.2. The van der Waals surface area contributed by atoms with Crippen molar-refractivity contribution in [1.29, 1.82) is 0 Å². The first-order valence-corrected chi connectivity index (χ1v) is 8.62. The molecule has 0 unspecified atom stereocenters. The monoisotopic (exact) mass is 317 g/mol. The van der Waals surface area contributed by atoms with Crippen LogP contribution in [0.2, 0.25) is 0 Å². The summed E-state index contributed by atoms with van der Waals surface area (Å²) in [5.41, 5.74) is 1.75. The molecule has 0 atom stereocenters. The summed E-state index contributed by atoms with van der Waals surface area (Å²) in [7, 11) is -3.78. The SMILES string of the molecule is Cc1ccccc1S(=O)(=O)NC(=O)CCCc1ccccc1. The minimum Gasteiger partial charge on any atom is -0.274 e. The molecule has 2 rings (SSSR count). The summed E-state index contributed by atoms with van der Waals surface area (Å²) in [6.45, 7) is 1.70. The standard InChI is InChI=1S/C17H19NO3S/c1-14-8-5-6-12-16(14)22(20,21)18-17(19)13-7-11-15-9-3-2-4-10-15/h2-6,8-10,12H,7,11,13H2,1H3,(H,18,19). The molecule has 0 fully saturated rings. The Morgan fingerprint density at radius 2 is 1.64 bits per heavy atom. The Balaban J connectivity index is 1.90. The molecular formula is C17H19NO3S. The third-order valence-corrected chi connectivity index (χ3v) is 4.88. The zero-order chi connectivity index (χ0) is 16.0. The smallest absolute Gasteiger partial charge is 0.264 e. The number of hydrogen-bond acceptors (Lipinski definition) is 3. The molecule has 0 saturated heterocycles. The summed E-state index contributed by atoms with van der Waals surface area (Å²) in [5.74, 6) is -0.473. The van der Waals surface area contributed by atoms with Gasteiger partial charge in [-0.3, -0.25) is 4.79 Å². The highest BCUT2D eigenvalue weighted by molar-refractivity contribution is 7.90. The number of hydrogen-bond donors (Lipinski definition) is 1. The molecule has 22 heavy (non-hydrogen) atoms. The molecule has 0 aliphatic rings. The fourth-order valence-electron chi connectivity index (χ4n) is 2.21. The molecule has 5 heteroatoms. The summed E-state index contributed by atoms with van der Waals surface area (Å²) >= 11 is 0. The van der Waals surface area contributed by atoms with Crippen LogP contribution in [-0.4, -0.2) is 14.3 Å². The van der Waals surface area contributed by atoms with Crippen LogP contribution in [0, 0.1) is 6.92 Å². The van der Waals surface area contributed by atoms with E-state index in [0.29, 0.717) is 12.0 Å². The summed E-state index contributed by atoms with van der Waals surface area (Å²) < 4.78 is 26.5. The molecule has 0 bridgehead atoms. The van der Waals surface area contributed by atoms with Crippen molar-refractivity contribution in [3.63, 3.8) is 0 Å². The van der Waals surface area contributed by atoms with E-state index < -0.39 is 15.9 Å². The first-order chi connectivity index (χ1) is 10.5. The maximum absolute atomic E-state index is 12.2. The zero-order valence-corrected chi connectivity index (χ0v) is 13.3. The van der Waals surface area contributed by atoms with Gasteiger partial charge in [-0.25, -0.2) is 13.1 Å². The van der Waals surface area contributed by atoms with Crippen molar-refractivity contribution in [2.24, 2.45) is 0 Å². The van der Waals surface area contributed by atoms with E-state index in [-0.39, 0.29) is 11.3 Å². The molecule has 0 heterocycles. The highest BCUT2D eigenvalue weighted by Crippen LogP contribution is 2.14. The molecular weight excluding hydrogens is 298 g/mol. The second-order valence-electron chi connectivity index (χ2n) is 5.13. The Morgan fingerprint density at radius 1 is 1.00 bits per heavy atom. The van der Waals surface area contributed by atoms with Crippen LogP contribution in [0.3, 0.4) is 0 Å². The summed E-state index contributed by atoms with van der Waals surface area (Å²) in [6.07, 6.45) is 1.54. The third-order valence-electron chi connectivity index (χ3n) is 3.34. The summed E-state index contributed by atoms with van der Waals surface area (Å²) in [4.78, 5) is 12.0. The largest absolute Gasteiger partial charge is 0.274 e. The molecule has 0 aliphatic heterocycles. The Hall–Kier alpha value is -2.14. The van der Waals surface area contributed by atoms with E-state index >= 15 is 0 Å². The van der Waals surface area contributed by atoms with Crippen LogP contribution in [0.25, 0.3) is 0 Å². The Bertz CT molecular complexity index is 740. The Labute approximate surface area is 131 Å². The van der Waals surface area contributed by atoms with E-state index in [1.165, 1.54) is 6.07 Å². The lowest BCUT2D eigenvalue weighted by Crippen LogP contribution is -2.30. The van der Waals surface area contributed by atoms with Crippen LogP contribution in [0.1, 0.15) is 24.0 Å². The van der Waals surface area contributed by atoms with Crippen molar-refractivity contribution >= 4 is 15.9 Å². The third kappa shape index (κ3) is 4.43. The highest BCUT2D eigenvalue weighted by Gasteiger charge is 2.18. The Morgan fingerprint density at radius 3 is 2.32 bits per heavy atom. The maximum Gasteiger partial charge on any atom is 0.264 e. The normalized spacial score (nSPS) is 11.1. The van der Waals surface area contributed by atoms with Crippen molar-refractivity contribution in [3.05, 3.63) is 65.7 Å². The van der Waals surface area contributed by atoms with Gasteiger partial charge >= 0.3 is 0 Å². The molecule has 2 aromatic carbocycles. The van der Waals surface area contributed by atoms with Crippen LogP contribution in [-0.2, 0) is 21.2 Å². The van der Waals surface area contributed by atoms with E-state index in [1.807, 2.05) is 30.3 Å². The number of carbonyl (C=O) groups excluding carboxylic acids is 1. The van der Waals surface area contributed by atoms with Crippen LogP contribution >= 0.6 is 0 Å². The fourth-order valence-corrected chi connectivity index (χ4v) is 3.47. The molecule has 0 radical (unpaired) electrons. The van der Waals surface area contributed by atoms with Gasteiger partial charge < -0.3 is 0 Å². The minimum atomic E-state index is -3.78. The van der Waals surface area contributed by atoms with E-state index in [4.69, 9.17) is 0 Å². The predicted octanol–water partition coefficient (Wildman–Crippen LogP) is 2.82. The van der Waals surface area contributed by atoms with Crippen LogP contribution in [0.15, 0.2) is 59.5 Å². The topological polar surface area (TPSA) is 63.2 Å². The van der Waals surface area contributed by atoms with Crippen molar-refractivity contribution in [2.45, 2.75) is 31.1 Å². The number of sulfonamides is 1. The molecule has 0 aliphatic carbocycles. The van der Waals surface area contributed by atoms with Gasteiger partial charge in [-0.15, -0.1) is 0 Å². The second-order valence-corrected chi connectivity index (χ2v) is 6.78. The number of carbonyl (C=O) groups is 1. The van der Waals surface area contributed by atoms with Gasteiger partial charge in [0.25, 0.3) is 10.0 Å². The fraction of sp³-hybridized carbons (Fsp3) is 0.235. The van der Waals surface area contributed by atoms with Crippen molar-refractivity contribution < 1.29 is 13.2 Å². The van der Waals surface area contributed by atoms with Gasteiger partial charge in [0, 0.05) is 6.42 Å². The molecule has 2 aromatic rings. The Kier molecular flexibility index (Phi) is 5.33. The van der Waals surface area contributed by atoms with Gasteiger partial charge in [0.05, 0.1) is 4.90 Å². The summed E-state index contributed by atoms with van der Waals surface area (Å²) in [5, 5.41) is 0. The van der Waals surface area contributed by atoms with Gasteiger partial charge in [0.2, 0.25) is 5.91 Å². The molecule has 0 aromatic heterocycles. The van der Waals surface area contributed by atoms with Gasteiger partial charge in [-0.1, -0.05) is 48.5 Å². The zero-order valence-electron chi connectivity index (χ0n) is 12.5. The molecule has 116 valence electrons. The number of aryl methyl sites for hydroxylation is 2. The lowest BCUT2D eigenvalue weighted by Gasteiger charge is -2.09. The van der Waals surface area contributed by atoms with Crippen molar-refractivity contribution in [2.75, 3.05) is 0 Å². The van der Waals surface area contributed by atoms with Crippen molar-refractivity contribution in [1.82, 2.24) is 4.72 Å². The second kappa shape index (κ2) is 7.22. The van der Waals surface area contributed by atoms with E-state index in [2.05, 4.69) is 4.72 Å². The molecule has 1 amide bonds. The van der Waals surface area contributed by atoms with Crippen molar-refractivity contribution in [3.8, 4) is 0 Å². The molecule has 0 saturated carbocycles. The predicted molar refractivity (Wildman–Crippen MR) is 85.9 cm³/mol. The average molecular weight is 317 g/mol. The van der Waals surface area contributed by atoms with Crippen LogP contribution in [0.5, 0.6) is 0 Å². The first-order valence-electron chi connectivity index (χ1n) is 7.14. The van der Waals surface area contributed by atoms with E-state index in [9.17, 15) is 13.2 Å². The average Bonchev–Trinajstić information content (AvgIpc) is 2.48. The lowest BCUT2D eigenvalue weighted by atomic mass is 10.1. The molecule has 0 spiro atoms. The van der Waals surface area contributed by atoms with Gasteiger partial charge in [0.15, 0.2) is 0 Å². The minimum absolute atomic E-state index is 0.145. The molecule has 4 nitrogen and oxygen atoms in total. The number of benzene rings is 2. The number of nitrogens with one attached hydrogen (secondary N) is 1. The number of amides is 1. The van der Waals surface area contributed by atoms with E-state index in [0.717, 1.165) is 12.0 Å². The van der Waals surface area contributed by atoms with E-state index in [1.54, 1.807) is 25.1 Å². The maximum atomic E-state index is 12.2. The highest BCUT2D eigenvalue weighted by atomic mass is 32.2. The lowest BCUT2D eigenvalue weighted by molar-refractivity contribution is -0.119.